The molecule has 1 aliphatic heterocycles. The van der Waals surface area contributed by atoms with Crippen LogP contribution < -0.4 is 0 Å². The third kappa shape index (κ3) is 3.61. The Bertz CT molecular complexity index is 651. The van der Waals surface area contributed by atoms with Crippen LogP contribution in [0.15, 0.2) is 27.6 Å². The first-order chi connectivity index (χ1) is 9.82. The molecule has 2 rings (SSSR count). The molecule has 1 aromatic carbocycles. The molecule has 0 spiro atoms. The van der Waals surface area contributed by atoms with Crippen LogP contribution in [0.5, 0.6) is 0 Å². The van der Waals surface area contributed by atoms with Crippen molar-refractivity contribution in [3.05, 3.63) is 28.5 Å². The van der Waals surface area contributed by atoms with Crippen LogP contribution in [0.25, 0.3) is 0 Å². The molecule has 0 atom stereocenters. The average Bonchev–Trinajstić information content (AvgIpc) is 2.68. The number of halogens is 2. The fourth-order valence-electron chi connectivity index (χ4n) is 2.24. The number of amides is 1. The number of benzene rings is 1. The van der Waals surface area contributed by atoms with Gasteiger partial charge in [-0.25, -0.2) is 12.8 Å². The molecular weight excluding hydrogens is 363 g/mol. The van der Waals surface area contributed by atoms with Gasteiger partial charge in [0.15, 0.2) is 0 Å². The SMILES string of the molecule is CC(=O)N1CCCN(S(=O)(=O)c2ccc(Br)c(F)c2)CC1. The second-order valence-electron chi connectivity index (χ2n) is 4.84. The van der Waals surface area contributed by atoms with Crippen LogP contribution in [-0.2, 0) is 14.8 Å². The predicted octanol–water partition coefficient (Wildman–Crippen LogP) is 1.83. The van der Waals surface area contributed by atoms with E-state index >= 15 is 0 Å². The molecule has 1 saturated heterocycles. The molecule has 0 saturated carbocycles. The van der Waals surface area contributed by atoms with Crippen LogP contribution >= 0.6 is 15.9 Å². The van der Waals surface area contributed by atoms with Gasteiger partial charge in [0.05, 0.1) is 9.37 Å². The maximum atomic E-state index is 13.5. The summed E-state index contributed by atoms with van der Waals surface area (Å²) in [5.74, 6) is -0.680. The van der Waals surface area contributed by atoms with Gasteiger partial charge >= 0.3 is 0 Å². The van der Waals surface area contributed by atoms with E-state index in [0.717, 1.165) is 6.07 Å². The second-order valence-corrected chi connectivity index (χ2v) is 7.63. The summed E-state index contributed by atoms with van der Waals surface area (Å²) in [5.41, 5.74) is 0. The zero-order chi connectivity index (χ0) is 15.6. The van der Waals surface area contributed by atoms with E-state index in [0.29, 0.717) is 26.1 Å². The summed E-state index contributed by atoms with van der Waals surface area (Å²) in [6.45, 7) is 2.90. The van der Waals surface area contributed by atoms with Gasteiger partial charge in [0, 0.05) is 33.1 Å². The summed E-state index contributed by atoms with van der Waals surface area (Å²) in [5, 5.41) is 0. The Labute approximate surface area is 131 Å². The number of hydrogen-bond acceptors (Lipinski definition) is 3. The summed E-state index contributed by atoms with van der Waals surface area (Å²) in [4.78, 5) is 12.9. The van der Waals surface area contributed by atoms with Crippen molar-refractivity contribution in [2.45, 2.75) is 18.2 Å². The van der Waals surface area contributed by atoms with Crippen LogP contribution in [0.1, 0.15) is 13.3 Å². The minimum Gasteiger partial charge on any atom is -0.342 e. The van der Waals surface area contributed by atoms with Gasteiger partial charge in [-0.2, -0.15) is 4.31 Å². The Hall–Kier alpha value is -0.990. The minimum absolute atomic E-state index is 0.0658. The van der Waals surface area contributed by atoms with Crippen molar-refractivity contribution in [2.24, 2.45) is 0 Å². The number of sulfonamides is 1. The highest BCUT2D eigenvalue weighted by atomic mass is 79.9. The first-order valence-electron chi connectivity index (χ1n) is 6.53. The fourth-order valence-corrected chi connectivity index (χ4v) is 3.96. The maximum absolute atomic E-state index is 13.5. The standard InChI is InChI=1S/C13H16BrFN2O3S/c1-10(18)16-5-2-6-17(8-7-16)21(19,20)11-3-4-12(14)13(15)9-11/h3-4,9H,2,5-8H2,1H3. The first kappa shape index (κ1) is 16.4. The van der Waals surface area contributed by atoms with Gasteiger partial charge in [0.25, 0.3) is 0 Å². The molecule has 1 amide bonds. The Balaban J connectivity index is 2.23. The van der Waals surface area contributed by atoms with Crippen molar-refractivity contribution < 1.29 is 17.6 Å². The summed E-state index contributed by atoms with van der Waals surface area (Å²) < 4.78 is 40.1. The summed E-state index contributed by atoms with van der Waals surface area (Å²) in [6, 6.07) is 3.76. The van der Waals surface area contributed by atoms with E-state index in [9.17, 15) is 17.6 Å². The number of hydrogen-bond donors (Lipinski definition) is 0. The van der Waals surface area contributed by atoms with Crippen molar-refractivity contribution in [3.63, 3.8) is 0 Å². The van der Waals surface area contributed by atoms with Crippen molar-refractivity contribution >= 4 is 31.9 Å². The third-order valence-corrected chi connectivity index (χ3v) is 5.97. The van der Waals surface area contributed by atoms with Gasteiger partial charge in [0.2, 0.25) is 15.9 Å². The third-order valence-electron chi connectivity index (χ3n) is 3.43. The number of rotatable bonds is 2. The van der Waals surface area contributed by atoms with E-state index in [4.69, 9.17) is 0 Å². The molecular formula is C13H16BrFN2O3S. The lowest BCUT2D eigenvalue weighted by molar-refractivity contribution is -0.128. The second kappa shape index (κ2) is 6.41. The van der Waals surface area contributed by atoms with Crippen LogP contribution in [0.3, 0.4) is 0 Å². The van der Waals surface area contributed by atoms with E-state index in [1.807, 2.05) is 0 Å². The molecule has 8 heteroatoms. The quantitative estimate of drug-likeness (QED) is 0.788. The molecule has 1 aromatic rings. The lowest BCUT2D eigenvalue weighted by Crippen LogP contribution is -2.36. The normalized spacial score (nSPS) is 17.6. The lowest BCUT2D eigenvalue weighted by atomic mass is 10.3. The van der Waals surface area contributed by atoms with Crippen LogP contribution in [0, 0.1) is 5.82 Å². The highest BCUT2D eigenvalue weighted by molar-refractivity contribution is 9.10. The van der Waals surface area contributed by atoms with Crippen LogP contribution in [0.4, 0.5) is 4.39 Å². The molecule has 0 bridgehead atoms. The zero-order valence-corrected chi connectivity index (χ0v) is 14.0. The zero-order valence-electron chi connectivity index (χ0n) is 11.6. The Morgan fingerprint density at radius 3 is 2.57 bits per heavy atom. The molecule has 0 aliphatic carbocycles. The highest BCUT2D eigenvalue weighted by Crippen LogP contribution is 2.23. The van der Waals surface area contributed by atoms with Crippen molar-refractivity contribution in [2.75, 3.05) is 26.2 Å². The molecule has 21 heavy (non-hydrogen) atoms. The van der Waals surface area contributed by atoms with E-state index < -0.39 is 15.8 Å². The Morgan fingerprint density at radius 1 is 1.24 bits per heavy atom. The Kier molecular flexibility index (Phi) is 5.00. The molecule has 1 heterocycles. The lowest BCUT2D eigenvalue weighted by Gasteiger charge is -2.21. The summed E-state index contributed by atoms with van der Waals surface area (Å²) in [7, 11) is -3.74. The molecule has 5 nitrogen and oxygen atoms in total. The average molecular weight is 379 g/mol. The molecule has 1 fully saturated rings. The summed E-state index contributed by atoms with van der Waals surface area (Å²) >= 11 is 3.00. The van der Waals surface area contributed by atoms with Gasteiger partial charge in [0.1, 0.15) is 5.82 Å². The van der Waals surface area contributed by atoms with E-state index in [2.05, 4.69) is 15.9 Å². The number of nitrogens with zero attached hydrogens (tertiary/aromatic N) is 2. The van der Waals surface area contributed by atoms with Crippen molar-refractivity contribution in [3.8, 4) is 0 Å². The molecule has 0 aromatic heterocycles. The van der Waals surface area contributed by atoms with Gasteiger partial charge in [-0.05, 0) is 40.5 Å². The monoisotopic (exact) mass is 378 g/mol. The Morgan fingerprint density at radius 2 is 1.95 bits per heavy atom. The molecule has 1 aliphatic rings. The van der Waals surface area contributed by atoms with Crippen molar-refractivity contribution in [1.29, 1.82) is 0 Å². The van der Waals surface area contributed by atoms with Gasteiger partial charge in [-0.15, -0.1) is 0 Å². The number of carbonyl (C=O) groups is 1. The topological polar surface area (TPSA) is 57.7 Å². The first-order valence-corrected chi connectivity index (χ1v) is 8.76. The fraction of sp³-hybridized carbons (Fsp3) is 0.462. The van der Waals surface area contributed by atoms with Gasteiger partial charge in [-0.1, -0.05) is 0 Å². The van der Waals surface area contributed by atoms with Gasteiger partial charge < -0.3 is 4.90 Å². The molecule has 0 unspecified atom stereocenters. The van der Waals surface area contributed by atoms with E-state index in [1.165, 1.54) is 23.4 Å². The highest BCUT2D eigenvalue weighted by Gasteiger charge is 2.28. The van der Waals surface area contributed by atoms with E-state index in [1.54, 1.807) is 4.90 Å². The van der Waals surface area contributed by atoms with E-state index in [-0.39, 0.29) is 21.8 Å². The molecule has 116 valence electrons. The smallest absolute Gasteiger partial charge is 0.243 e. The van der Waals surface area contributed by atoms with Crippen LogP contribution in [-0.4, -0.2) is 49.7 Å². The predicted molar refractivity (Wildman–Crippen MR) is 79.7 cm³/mol. The molecule has 0 radical (unpaired) electrons. The van der Waals surface area contributed by atoms with Crippen LogP contribution in [0.2, 0.25) is 0 Å². The largest absolute Gasteiger partial charge is 0.342 e. The van der Waals surface area contributed by atoms with Gasteiger partial charge in [-0.3, -0.25) is 4.79 Å². The summed E-state index contributed by atoms with van der Waals surface area (Å²) in [6.07, 6.45) is 0.567. The molecule has 0 N–H and O–H groups in total. The minimum atomic E-state index is -3.74. The maximum Gasteiger partial charge on any atom is 0.243 e. The van der Waals surface area contributed by atoms with Crippen molar-refractivity contribution in [1.82, 2.24) is 9.21 Å². The number of carbonyl (C=O) groups excluding carboxylic acids is 1.